The Morgan fingerprint density at radius 1 is 1.14 bits per heavy atom. The molecular weight excluding hydrogens is 417 g/mol. The first kappa shape index (κ1) is 19.4. The van der Waals surface area contributed by atoms with Gasteiger partial charge in [-0.05, 0) is 43.9 Å². The van der Waals surface area contributed by atoms with Crippen LogP contribution in [0.3, 0.4) is 0 Å². The number of H-pyrrole nitrogens is 1. The molecule has 9 heteroatoms. The van der Waals surface area contributed by atoms with Crippen LogP contribution in [0.5, 0.6) is 0 Å². The molecule has 1 aromatic carbocycles. The molecule has 0 saturated carbocycles. The van der Waals surface area contributed by atoms with E-state index in [1.165, 1.54) is 0 Å². The Morgan fingerprint density at radius 2 is 1.79 bits per heavy atom. The molecular formula is C19H19Cl2N5OS. The zero-order valence-corrected chi connectivity index (χ0v) is 17.8. The van der Waals surface area contributed by atoms with Crippen LogP contribution in [0, 0.1) is 17.5 Å². The molecule has 0 amide bonds. The molecule has 3 aromatic rings. The normalized spacial score (nSPS) is 15.4. The van der Waals surface area contributed by atoms with Crippen LogP contribution in [-0.2, 0) is 0 Å². The molecule has 0 spiro atoms. The van der Waals surface area contributed by atoms with Gasteiger partial charge in [-0.1, -0.05) is 42.3 Å². The van der Waals surface area contributed by atoms with Gasteiger partial charge in [-0.25, -0.2) is 4.98 Å². The second-order valence-electron chi connectivity index (χ2n) is 7.18. The third-order valence-electron chi connectivity index (χ3n) is 5.08. The van der Waals surface area contributed by atoms with Gasteiger partial charge in [0, 0.05) is 23.1 Å². The molecule has 0 radical (unpaired) electrons. The van der Waals surface area contributed by atoms with Crippen molar-refractivity contribution in [2.75, 3.05) is 18.0 Å². The van der Waals surface area contributed by atoms with E-state index in [9.17, 15) is 4.79 Å². The summed E-state index contributed by atoms with van der Waals surface area (Å²) in [7, 11) is 0. The van der Waals surface area contributed by atoms with E-state index in [1.807, 2.05) is 6.92 Å². The molecule has 1 aliphatic heterocycles. The Bertz CT molecular complexity index is 1160. The smallest absolute Gasteiger partial charge is 0.264 e. The van der Waals surface area contributed by atoms with Crippen LogP contribution in [0.25, 0.3) is 16.7 Å². The number of rotatable bonds is 2. The summed E-state index contributed by atoms with van der Waals surface area (Å²) >= 11 is 17.9. The number of hydrogen-bond donors (Lipinski definition) is 1. The van der Waals surface area contributed by atoms with Crippen LogP contribution in [0.15, 0.2) is 23.0 Å². The highest BCUT2D eigenvalue weighted by molar-refractivity contribution is 7.71. The van der Waals surface area contributed by atoms with E-state index in [0.29, 0.717) is 43.7 Å². The summed E-state index contributed by atoms with van der Waals surface area (Å²) in [5.74, 6) is 1.84. The first-order valence-corrected chi connectivity index (χ1v) is 10.2. The van der Waals surface area contributed by atoms with E-state index in [2.05, 4.69) is 26.8 Å². The monoisotopic (exact) mass is 435 g/mol. The molecule has 6 nitrogen and oxygen atoms in total. The Hall–Kier alpha value is -1.96. The zero-order valence-electron chi connectivity index (χ0n) is 15.5. The molecule has 0 atom stereocenters. The highest BCUT2D eigenvalue weighted by Gasteiger charge is 2.20. The Labute approximate surface area is 177 Å². The van der Waals surface area contributed by atoms with Gasteiger partial charge in [0.15, 0.2) is 5.65 Å². The second-order valence-corrected chi connectivity index (χ2v) is 8.44. The van der Waals surface area contributed by atoms with E-state index in [0.717, 1.165) is 25.9 Å². The van der Waals surface area contributed by atoms with Crippen molar-refractivity contribution in [3.05, 3.63) is 49.1 Å². The molecule has 0 aliphatic carbocycles. The number of aromatic amines is 1. The van der Waals surface area contributed by atoms with E-state index >= 15 is 0 Å². The molecule has 1 fully saturated rings. The minimum Gasteiger partial charge on any atom is -0.342 e. The summed E-state index contributed by atoms with van der Waals surface area (Å²) in [6.45, 7) is 5.78. The molecule has 3 heterocycles. The largest absolute Gasteiger partial charge is 0.342 e. The van der Waals surface area contributed by atoms with Crippen molar-refractivity contribution in [1.82, 2.24) is 19.5 Å². The number of aryl methyl sites for hydroxylation is 1. The number of nitrogens with one attached hydrogen (secondary N) is 1. The quantitative estimate of drug-likeness (QED) is 0.591. The fraction of sp³-hybridized carbons (Fsp3) is 0.368. The molecule has 2 aromatic heterocycles. The van der Waals surface area contributed by atoms with Crippen molar-refractivity contribution in [3.8, 4) is 5.69 Å². The number of halogens is 2. The van der Waals surface area contributed by atoms with Gasteiger partial charge in [0.1, 0.15) is 15.9 Å². The van der Waals surface area contributed by atoms with E-state index in [4.69, 9.17) is 35.4 Å². The number of benzene rings is 1. The fourth-order valence-electron chi connectivity index (χ4n) is 3.53. The van der Waals surface area contributed by atoms with Crippen LogP contribution < -0.4 is 10.5 Å². The first-order chi connectivity index (χ1) is 13.3. The number of nitrogens with zero attached hydrogens (tertiary/aromatic N) is 4. The Morgan fingerprint density at radius 3 is 2.43 bits per heavy atom. The minimum absolute atomic E-state index is 0.283. The maximum atomic E-state index is 12.9. The highest BCUT2D eigenvalue weighted by Crippen LogP contribution is 2.25. The molecule has 0 unspecified atom stereocenters. The number of hydrogen-bond acceptors (Lipinski definition) is 5. The topological polar surface area (TPSA) is 66.8 Å². The SMILES string of the molecule is Cc1nc2nc(N3CCC(C)CC3)[nH]c(=O)c2c(=S)n1-c1cc(Cl)cc(Cl)c1. The number of fused-ring (bicyclic) bond motifs is 1. The van der Waals surface area contributed by atoms with E-state index < -0.39 is 0 Å². The molecule has 1 aliphatic rings. The standard InChI is InChI=1S/C19H19Cl2N5OS/c1-10-3-5-25(6-4-10)19-23-16-15(17(27)24-19)18(28)26(11(2)22-16)14-8-12(20)7-13(21)9-14/h7-10H,3-6H2,1-2H3,(H,23,24,27). The summed E-state index contributed by atoms with van der Waals surface area (Å²) in [5.41, 5.74) is 0.713. The lowest BCUT2D eigenvalue weighted by Gasteiger charge is -2.30. The summed E-state index contributed by atoms with van der Waals surface area (Å²) in [4.78, 5) is 27.0. The number of anilines is 1. The number of aromatic nitrogens is 4. The highest BCUT2D eigenvalue weighted by atomic mass is 35.5. The van der Waals surface area contributed by atoms with Crippen LogP contribution in [0.2, 0.25) is 10.0 Å². The fourth-order valence-corrected chi connectivity index (χ4v) is 4.46. The lowest BCUT2D eigenvalue weighted by molar-refractivity contribution is 0.434. The maximum absolute atomic E-state index is 12.9. The van der Waals surface area contributed by atoms with Gasteiger partial charge < -0.3 is 4.90 Å². The van der Waals surface area contributed by atoms with Crippen molar-refractivity contribution in [2.45, 2.75) is 26.7 Å². The van der Waals surface area contributed by atoms with Crippen LogP contribution in [0.1, 0.15) is 25.6 Å². The number of piperidine rings is 1. The predicted octanol–water partition coefficient (Wildman–Crippen LogP) is 4.69. The molecule has 1 N–H and O–H groups in total. The molecule has 4 rings (SSSR count). The van der Waals surface area contributed by atoms with Crippen molar-refractivity contribution < 1.29 is 0 Å². The Kier molecular flexibility index (Phi) is 5.16. The third-order valence-corrected chi connectivity index (χ3v) is 5.91. The van der Waals surface area contributed by atoms with Gasteiger partial charge in [-0.15, -0.1) is 0 Å². The van der Waals surface area contributed by atoms with Gasteiger partial charge in [-0.3, -0.25) is 14.3 Å². The van der Waals surface area contributed by atoms with Gasteiger partial charge in [0.25, 0.3) is 5.56 Å². The third kappa shape index (κ3) is 3.54. The van der Waals surface area contributed by atoms with Crippen LogP contribution >= 0.6 is 35.4 Å². The van der Waals surface area contributed by atoms with Crippen LogP contribution in [0.4, 0.5) is 5.95 Å². The summed E-state index contributed by atoms with van der Waals surface area (Å²) < 4.78 is 2.02. The van der Waals surface area contributed by atoms with Crippen molar-refractivity contribution >= 4 is 52.4 Å². The van der Waals surface area contributed by atoms with E-state index in [1.54, 1.807) is 22.8 Å². The van der Waals surface area contributed by atoms with Crippen molar-refractivity contribution in [1.29, 1.82) is 0 Å². The van der Waals surface area contributed by atoms with Crippen molar-refractivity contribution in [2.24, 2.45) is 5.92 Å². The van der Waals surface area contributed by atoms with Crippen molar-refractivity contribution in [3.63, 3.8) is 0 Å². The van der Waals surface area contributed by atoms with Gasteiger partial charge in [-0.2, -0.15) is 4.98 Å². The minimum atomic E-state index is -0.294. The molecule has 28 heavy (non-hydrogen) atoms. The maximum Gasteiger partial charge on any atom is 0.264 e. The summed E-state index contributed by atoms with van der Waals surface area (Å²) in [5, 5.41) is 1.24. The molecule has 0 bridgehead atoms. The van der Waals surface area contributed by atoms with E-state index in [-0.39, 0.29) is 10.9 Å². The molecule has 146 valence electrons. The average molecular weight is 436 g/mol. The second kappa shape index (κ2) is 7.46. The first-order valence-electron chi connectivity index (χ1n) is 9.08. The predicted molar refractivity (Wildman–Crippen MR) is 116 cm³/mol. The Balaban J connectivity index is 1.88. The molecule has 1 saturated heterocycles. The van der Waals surface area contributed by atoms with Gasteiger partial charge >= 0.3 is 0 Å². The lowest BCUT2D eigenvalue weighted by atomic mass is 10.00. The summed E-state index contributed by atoms with van der Waals surface area (Å²) in [6.07, 6.45) is 2.15. The average Bonchev–Trinajstić information content (AvgIpc) is 2.60. The van der Waals surface area contributed by atoms with Gasteiger partial charge in [0.2, 0.25) is 5.95 Å². The van der Waals surface area contributed by atoms with Crippen LogP contribution in [-0.4, -0.2) is 32.6 Å². The lowest BCUT2D eigenvalue weighted by Crippen LogP contribution is -2.35. The summed E-state index contributed by atoms with van der Waals surface area (Å²) in [6, 6.07) is 5.10. The van der Waals surface area contributed by atoms with Gasteiger partial charge in [0.05, 0.1) is 5.69 Å². The zero-order chi connectivity index (χ0) is 20.0.